The summed E-state index contributed by atoms with van der Waals surface area (Å²) in [5.74, 6) is 1.11. The number of hydrogen-bond donors (Lipinski definition) is 0. The van der Waals surface area contributed by atoms with Gasteiger partial charge in [-0.1, -0.05) is 60.6 Å². The summed E-state index contributed by atoms with van der Waals surface area (Å²) in [5, 5.41) is 0. The van der Waals surface area contributed by atoms with E-state index in [0.29, 0.717) is 16.6 Å². The predicted octanol–water partition coefficient (Wildman–Crippen LogP) is 6.85. The Morgan fingerprint density at radius 3 is 2.12 bits per heavy atom. The van der Waals surface area contributed by atoms with Crippen LogP contribution in [0.25, 0.3) is 0 Å². The summed E-state index contributed by atoms with van der Waals surface area (Å²) < 4.78 is 2.44. The van der Waals surface area contributed by atoms with Crippen LogP contribution in [0.5, 0.6) is 0 Å². The molecule has 0 aliphatic heterocycles. The van der Waals surface area contributed by atoms with E-state index in [2.05, 4.69) is 65.1 Å². The summed E-state index contributed by atoms with van der Waals surface area (Å²) in [6, 6.07) is 9.99. The quantitative estimate of drug-likeness (QED) is 0.280. The van der Waals surface area contributed by atoms with Crippen molar-refractivity contribution in [3.8, 4) is 0 Å². The van der Waals surface area contributed by atoms with Crippen molar-refractivity contribution in [2.45, 2.75) is 70.0 Å². The van der Waals surface area contributed by atoms with E-state index in [-0.39, 0.29) is 5.78 Å². The van der Waals surface area contributed by atoms with Gasteiger partial charge in [-0.15, -0.1) is 11.8 Å². The number of hydrogen-bond acceptors (Lipinski definition) is 2. The molecule has 1 heterocycles. The second-order valence-electron chi connectivity index (χ2n) is 7.92. The van der Waals surface area contributed by atoms with Gasteiger partial charge in [-0.25, -0.2) is 0 Å². The lowest BCUT2D eigenvalue weighted by atomic mass is 10.1. The molecule has 0 radical (unpaired) electrons. The summed E-state index contributed by atoms with van der Waals surface area (Å²) in [5.41, 5.74) is 3.47. The maximum absolute atomic E-state index is 13.2. The van der Waals surface area contributed by atoms with Crippen molar-refractivity contribution in [3.05, 3.63) is 53.9 Å². The van der Waals surface area contributed by atoms with Crippen molar-refractivity contribution < 1.29 is 4.79 Å². The van der Waals surface area contributed by atoms with E-state index in [4.69, 9.17) is 0 Å². The first-order valence-corrected chi connectivity index (χ1v) is 12.9. The summed E-state index contributed by atoms with van der Waals surface area (Å²) in [6.07, 6.45) is 4.29. The monoisotopic (exact) mass is 387 g/mol. The van der Waals surface area contributed by atoms with Crippen molar-refractivity contribution in [2.75, 3.05) is 5.75 Å². The SMILES string of the molecule is CCSc1ccccc1C(=O)c1ccn([Si](C(C)C)(C(C)C)C(C)C)c1. The van der Waals surface area contributed by atoms with Crippen LogP contribution in [0.2, 0.25) is 16.6 Å². The van der Waals surface area contributed by atoms with E-state index in [0.717, 1.165) is 21.8 Å². The Labute approximate surface area is 164 Å². The third kappa shape index (κ3) is 3.72. The smallest absolute Gasteiger partial charge is 0.195 e. The molecule has 0 spiro atoms. The highest BCUT2D eigenvalue weighted by Crippen LogP contribution is 2.42. The zero-order valence-corrected chi connectivity index (χ0v) is 19.1. The average molecular weight is 388 g/mol. The fourth-order valence-electron chi connectivity index (χ4n) is 4.76. The average Bonchev–Trinajstić information content (AvgIpc) is 3.04. The third-order valence-electron chi connectivity index (χ3n) is 5.61. The van der Waals surface area contributed by atoms with Crippen LogP contribution in [0.3, 0.4) is 0 Å². The fraction of sp³-hybridized carbons (Fsp3) is 0.500. The zero-order chi connectivity index (χ0) is 19.5. The highest BCUT2D eigenvalue weighted by molar-refractivity contribution is 7.99. The molecule has 2 rings (SSSR count). The fourth-order valence-corrected chi connectivity index (χ4v) is 12.0. The molecule has 26 heavy (non-hydrogen) atoms. The van der Waals surface area contributed by atoms with Gasteiger partial charge in [0.05, 0.1) is 0 Å². The second kappa shape index (κ2) is 8.62. The zero-order valence-electron chi connectivity index (χ0n) is 17.2. The first-order valence-electron chi connectivity index (χ1n) is 9.71. The van der Waals surface area contributed by atoms with Crippen LogP contribution in [0.4, 0.5) is 0 Å². The predicted molar refractivity (Wildman–Crippen MR) is 117 cm³/mol. The minimum atomic E-state index is -1.80. The molecular formula is C22H33NOSSi. The topological polar surface area (TPSA) is 22.0 Å². The molecule has 0 aliphatic carbocycles. The summed E-state index contributed by atoms with van der Waals surface area (Å²) in [4.78, 5) is 14.3. The van der Waals surface area contributed by atoms with Crippen LogP contribution >= 0.6 is 11.8 Å². The van der Waals surface area contributed by atoms with Crippen molar-refractivity contribution in [3.63, 3.8) is 0 Å². The largest absolute Gasteiger partial charge is 0.379 e. The van der Waals surface area contributed by atoms with Gasteiger partial charge in [0.25, 0.3) is 0 Å². The second-order valence-corrected chi connectivity index (χ2v) is 15.0. The van der Waals surface area contributed by atoms with Crippen LogP contribution in [-0.2, 0) is 0 Å². The number of carbonyl (C=O) groups excluding carboxylic acids is 1. The molecule has 4 heteroatoms. The first kappa shape index (κ1) is 21.0. The number of benzene rings is 1. The van der Waals surface area contributed by atoms with E-state index in [9.17, 15) is 4.79 Å². The molecule has 0 amide bonds. The number of thioether (sulfide) groups is 1. The van der Waals surface area contributed by atoms with Gasteiger partial charge in [0.1, 0.15) is 0 Å². The summed E-state index contributed by atoms with van der Waals surface area (Å²) >= 11 is 1.73. The van der Waals surface area contributed by atoms with Gasteiger partial charge in [-0.3, -0.25) is 4.79 Å². The molecule has 1 aromatic heterocycles. The van der Waals surface area contributed by atoms with Crippen molar-refractivity contribution in [1.82, 2.24) is 4.23 Å². The van der Waals surface area contributed by atoms with Crippen molar-refractivity contribution in [2.24, 2.45) is 0 Å². The maximum Gasteiger partial charge on any atom is 0.195 e. The lowest BCUT2D eigenvalue weighted by molar-refractivity contribution is 0.103. The molecular weight excluding hydrogens is 354 g/mol. The molecule has 0 bridgehead atoms. The molecule has 2 aromatic rings. The van der Waals surface area contributed by atoms with Gasteiger partial charge in [-0.05, 0) is 46.8 Å². The molecule has 142 valence electrons. The maximum atomic E-state index is 13.2. The lowest BCUT2D eigenvalue weighted by Crippen LogP contribution is -2.51. The van der Waals surface area contributed by atoms with E-state index in [1.807, 2.05) is 30.3 Å². The highest BCUT2D eigenvalue weighted by atomic mass is 32.2. The lowest BCUT2D eigenvalue weighted by Gasteiger charge is -2.44. The third-order valence-corrected chi connectivity index (χ3v) is 13.3. The van der Waals surface area contributed by atoms with Gasteiger partial charge >= 0.3 is 0 Å². The van der Waals surface area contributed by atoms with Crippen LogP contribution < -0.4 is 0 Å². The van der Waals surface area contributed by atoms with Gasteiger partial charge < -0.3 is 4.23 Å². The molecule has 0 aliphatic rings. The van der Waals surface area contributed by atoms with Crippen molar-refractivity contribution in [1.29, 1.82) is 0 Å². The number of rotatable bonds is 8. The van der Waals surface area contributed by atoms with E-state index >= 15 is 0 Å². The van der Waals surface area contributed by atoms with E-state index in [1.54, 1.807) is 11.8 Å². The Morgan fingerprint density at radius 1 is 1.00 bits per heavy atom. The Morgan fingerprint density at radius 2 is 1.58 bits per heavy atom. The Hall–Kier alpha value is -1.26. The Kier molecular flexibility index (Phi) is 6.97. The molecule has 0 atom stereocenters. The van der Waals surface area contributed by atoms with Gasteiger partial charge in [-0.2, -0.15) is 0 Å². The van der Waals surface area contributed by atoms with E-state index in [1.165, 1.54) is 0 Å². The van der Waals surface area contributed by atoms with Crippen LogP contribution in [0, 0.1) is 0 Å². The summed E-state index contributed by atoms with van der Waals surface area (Å²) in [7, 11) is -1.80. The molecule has 0 fully saturated rings. The Balaban J connectivity index is 2.48. The van der Waals surface area contributed by atoms with Crippen LogP contribution in [0.15, 0.2) is 47.6 Å². The van der Waals surface area contributed by atoms with Crippen LogP contribution in [-0.4, -0.2) is 24.0 Å². The molecule has 2 nitrogen and oxygen atoms in total. The molecule has 0 unspecified atom stereocenters. The van der Waals surface area contributed by atoms with Gasteiger partial charge in [0.15, 0.2) is 14.0 Å². The van der Waals surface area contributed by atoms with Crippen molar-refractivity contribution >= 4 is 25.8 Å². The number of aromatic nitrogens is 1. The number of carbonyl (C=O) groups is 1. The highest BCUT2D eigenvalue weighted by Gasteiger charge is 2.45. The minimum Gasteiger partial charge on any atom is -0.379 e. The van der Waals surface area contributed by atoms with E-state index < -0.39 is 8.24 Å². The minimum absolute atomic E-state index is 0.138. The molecule has 0 N–H and O–H groups in total. The molecule has 1 aromatic carbocycles. The molecule has 0 saturated heterocycles. The number of ketones is 1. The molecule has 0 saturated carbocycles. The van der Waals surface area contributed by atoms with Crippen LogP contribution in [0.1, 0.15) is 64.4 Å². The standard InChI is InChI=1S/C22H33NOSSi/c1-8-25-21-12-10-9-11-20(21)22(24)19-13-14-23(15-19)26(16(2)3,17(4)5)18(6)7/h9-18H,8H2,1-7H3. The normalized spacial score (nSPS) is 12.4. The van der Waals surface area contributed by atoms with Gasteiger partial charge in [0, 0.05) is 22.2 Å². The first-order chi connectivity index (χ1) is 12.3. The summed E-state index contributed by atoms with van der Waals surface area (Å²) in [6.45, 7) is 16.2. The Bertz CT molecular complexity index is 726. The number of nitrogens with zero attached hydrogens (tertiary/aromatic N) is 1. The van der Waals surface area contributed by atoms with Gasteiger partial charge in [0.2, 0.25) is 0 Å².